The lowest BCUT2D eigenvalue weighted by Gasteiger charge is -2.05. The van der Waals surface area contributed by atoms with Crippen molar-refractivity contribution in [2.24, 2.45) is 0 Å². The van der Waals surface area contributed by atoms with Gasteiger partial charge in [-0.2, -0.15) is 0 Å². The van der Waals surface area contributed by atoms with E-state index >= 15 is 0 Å². The number of anilines is 1. The lowest BCUT2D eigenvalue weighted by molar-refractivity contribution is 0.514. The molecule has 8 heteroatoms. The number of hydrogen-bond acceptors (Lipinski definition) is 5. The summed E-state index contributed by atoms with van der Waals surface area (Å²) in [5.41, 5.74) is 0.627. The van der Waals surface area contributed by atoms with Crippen LogP contribution in [0.3, 0.4) is 0 Å². The van der Waals surface area contributed by atoms with E-state index in [2.05, 4.69) is 10.2 Å². The maximum absolute atomic E-state index is 13.6. The van der Waals surface area contributed by atoms with Crippen molar-refractivity contribution in [1.82, 2.24) is 10.2 Å². The highest BCUT2D eigenvalue weighted by Crippen LogP contribution is 2.19. The van der Waals surface area contributed by atoms with Crippen molar-refractivity contribution in [3.05, 3.63) is 35.5 Å². The van der Waals surface area contributed by atoms with Crippen molar-refractivity contribution in [2.75, 3.05) is 4.72 Å². The average molecular weight is 285 g/mol. The van der Waals surface area contributed by atoms with Crippen LogP contribution in [0.15, 0.2) is 27.5 Å². The van der Waals surface area contributed by atoms with Crippen LogP contribution in [-0.2, 0) is 16.4 Å². The van der Waals surface area contributed by atoms with Gasteiger partial charge < -0.3 is 4.42 Å². The predicted molar refractivity (Wildman–Crippen MR) is 65.6 cm³/mol. The molecule has 6 nitrogen and oxygen atoms in total. The molecule has 0 aliphatic rings. The zero-order chi connectivity index (χ0) is 14.0. The quantitative estimate of drug-likeness (QED) is 0.927. The van der Waals surface area contributed by atoms with Gasteiger partial charge in [0.2, 0.25) is 5.89 Å². The fourth-order valence-corrected chi connectivity index (χ4v) is 2.42. The van der Waals surface area contributed by atoms with Gasteiger partial charge in [-0.1, -0.05) is 18.1 Å². The van der Waals surface area contributed by atoms with E-state index in [1.165, 1.54) is 12.1 Å². The highest BCUT2D eigenvalue weighted by Gasteiger charge is 2.21. The molecule has 0 unspecified atom stereocenters. The number of halogens is 1. The van der Waals surface area contributed by atoms with E-state index < -0.39 is 20.7 Å². The predicted octanol–water partition coefficient (Wildman–Crippen LogP) is 1.88. The first-order valence-electron chi connectivity index (χ1n) is 5.53. The molecule has 1 aromatic carbocycles. The van der Waals surface area contributed by atoms with Gasteiger partial charge in [0.1, 0.15) is 10.7 Å². The van der Waals surface area contributed by atoms with E-state index in [4.69, 9.17) is 4.42 Å². The molecule has 0 fully saturated rings. The molecule has 0 amide bonds. The van der Waals surface area contributed by atoms with Crippen LogP contribution in [0.5, 0.6) is 0 Å². The lowest BCUT2D eigenvalue weighted by Crippen LogP contribution is -2.15. The van der Waals surface area contributed by atoms with Crippen LogP contribution in [0, 0.1) is 12.7 Å². The standard InChI is InChI=1S/C11H12FN3O3S/c1-3-10-13-14-11(18-10)15-19(16,17)9-5-4-7(2)6-8(9)12/h4-6H,3H2,1-2H3,(H,14,15). The van der Waals surface area contributed by atoms with Gasteiger partial charge >= 0.3 is 6.01 Å². The molecule has 0 saturated heterocycles. The zero-order valence-electron chi connectivity index (χ0n) is 10.3. The van der Waals surface area contributed by atoms with Crippen LogP contribution in [0.4, 0.5) is 10.4 Å². The van der Waals surface area contributed by atoms with E-state index in [0.29, 0.717) is 17.9 Å². The lowest BCUT2D eigenvalue weighted by atomic mass is 10.2. The van der Waals surface area contributed by atoms with Gasteiger partial charge in [-0.05, 0) is 24.6 Å². The van der Waals surface area contributed by atoms with Crippen LogP contribution >= 0.6 is 0 Å². The second kappa shape index (κ2) is 4.96. The summed E-state index contributed by atoms with van der Waals surface area (Å²) in [6.07, 6.45) is 0.480. The first kappa shape index (κ1) is 13.5. The Kier molecular flexibility index (Phi) is 3.52. The van der Waals surface area contributed by atoms with Crippen LogP contribution in [0.1, 0.15) is 18.4 Å². The van der Waals surface area contributed by atoms with Gasteiger partial charge in [0.05, 0.1) is 0 Å². The molecule has 19 heavy (non-hydrogen) atoms. The molecule has 102 valence electrons. The Morgan fingerprint density at radius 1 is 1.37 bits per heavy atom. The smallest absolute Gasteiger partial charge is 0.329 e. The summed E-state index contributed by atoms with van der Waals surface area (Å²) in [6.45, 7) is 3.45. The topological polar surface area (TPSA) is 85.1 Å². The molecule has 0 bridgehead atoms. The molecule has 0 radical (unpaired) electrons. The van der Waals surface area contributed by atoms with Crippen molar-refractivity contribution in [1.29, 1.82) is 0 Å². The third kappa shape index (κ3) is 2.90. The van der Waals surface area contributed by atoms with Crippen molar-refractivity contribution >= 4 is 16.0 Å². The second-order valence-electron chi connectivity index (χ2n) is 3.89. The highest BCUT2D eigenvalue weighted by molar-refractivity contribution is 7.92. The van der Waals surface area contributed by atoms with Crippen LogP contribution < -0.4 is 4.72 Å². The molecule has 2 aromatic rings. The van der Waals surface area contributed by atoms with Crippen molar-refractivity contribution in [2.45, 2.75) is 25.2 Å². The number of benzene rings is 1. The minimum Gasteiger partial charge on any atom is -0.407 e. The first-order valence-corrected chi connectivity index (χ1v) is 7.02. The number of nitrogens with one attached hydrogen (secondary N) is 1. The van der Waals surface area contributed by atoms with Crippen LogP contribution in [0.2, 0.25) is 0 Å². The number of sulfonamides is 1. The molecule has 0 saturated carbocycles. The Hall–Kier alpha value is -1.96. The number of hydrogen-bond donors (Lipinski definition) is 1. The van der Waals surface area contributed by atoms with Gasteiger partial charge in [-0.25, -0.2) is 17.5 Å². The van der Waals surface area contributed by atoms with Gasteiger partial charge in [0, 0.05) is 6.42 Å². The van der Waals surface area contributed by atoms with E-state index in [0.717, 1.165) is 6.07 Å². The van der Waals surface area contributed by atoms with Crippen molar-refractivity contribution < 1.29 is 17.2 Å². The van der Waals surface area contributed by atoms with Crippen molar-refractivity contribution in [3.8, 4) is 0 Å². The third-order valence-electron chi connectivity index (χ3n) is 2.37. The molecule has 1 heterocycles. The fourth-order valence-electron chi connectivity index (χ4n) is 1.43. The zero-order valence-corrected chi connectivity index (χ0v) is 11.2. The number of aromatic nitrogens is 2. The molecule has 1 N–H and O–H groups in total. The SMILES string of the molecule is CCc1nnc(NS(=O)(=O)c2ccc(C)cc2F)o1. The second-order valence-corrected chi connectivity index (χ2v) is 5.54. The maximum Gasteiger partial charge on any atom is 0.329 e. The molecular formula is C11H12FN3O3S. The van der Waals surface area contributed by atoms with E-state index in [-0.39, 0.29) is 6.01 Å². The normalized spacial score (nSPS) is 11.5. The number of aryl methyl sites for hydroxylation is 2. The third-order valence-corrected chi connectivity index (χ3v) is 3.72. The van der Waals surface area contributed by atoms with E-state index in [1.54, 1.807) is 13.8 Å². The van der Waals surface area contributed by atoms with E-state index in [1.807, 2.05) is 4.72 Å². The van der Waals surface area contributed by atoms with Crippen LogP contribution in [-0.4, -0.2) is 18.6 Å². The molecule has 0 aliphatic heterocycles. The summed E-state index contributed by atoms with van der Waals surface area (Å²) in [5.74, 6) is -0.537. The van der Waals surface area contributed by atoms with Crippen LogP contribution in [0.25, 0.3) is 0 Å². The number of rotatable bonds is 4. The highest BCUT2D eigenvalue weighted by atomic mass is 32.2. The Labute approximate surface area is 109 Å². The van der Waals surface area contributed by atoms with Crippen molar-refractivity contribution in [3.63, 3.8) is 0 Å². The Morgan fingerprint density at radius 3 is 2.68 bits per heavy atom. The van der Waals surface area contributed by atoms with Gasteiger partial charge in [-0.3, -0.25) is 0 Å². The first-order chi connectivity index (χ1) is 8.92. The average Bonchev–Trinajstić information content (AvgIpc) is 2.75. The minimum atomic E-state index is -4.08. The molecule has 0 spiro atoms. The van der Waals surface area contributed by atoms with Gasteiger partial charge in [0.25, 0.3) is 10.0 Å². The molecule has 0 aliphatic carbocycles. The Balaban J connectivity index is 2.32. The summed E-state index contributed by atoms with van der Waals surface area (Å²) in [4.78, 5) is -0.464. The summed E-state index contributed by atoms with van der Waals surface area (Å²) in [6, 6.07) is 3.55. The summed E-state index contributed by atoms with van der Waals surface area (Å²) < 4.78 is 44.6. The van der Waals surface area contributed by atoms with Gasteiger partial charge in [0.15, 0.2) is 0 Å². The summed E-state index contributed by atoms with van der Waals surface area (Å²) in [7, 11) is -4.08. The largest absolute Gasteiger partial charge is 0.407 e. The molecule has 0 atom stereocenters. The molecule has 2 rings (SSSR count). The van der Waals surface area contributed by atoms with E-state index in [9.17, 15) is 12.8 Å². The summed E-state index contributed by atoms with van der Waals surface area (Å²) >= 11 is 0. The molecule has 1 aromatic heterocycles. The summed E-state index contributed by atoms with van der Waals surface area (Å²) in [5, 5.41) is 7.13. The fraction of sp³-hybridized carbons (Fsp3) is 0.273. The Morgan fingerprint density at radius 2 is 2.11 bits per heavy atom. The Bertz CT molecular complexity index is 697. The monoisotopic (exact) mass is 285 g/mol. The molecular weight excluding hydrogens is 273 g/mol. The minimum absolute atomic E-state index is 0.281. The van der Waals surface area contributed by atoms with Gasteiger partial charge in [-0.15, -0.1) is 5.10 Å². The maximum atomic E-state index is 13.6. The number of nitrogens with zero attached hydrogens (tertiary/aromatic N) is 2.